The Balaban J connectivity index is 1.30. The van der Waals surface area contributed by atoms with E-state index in [2.05, 4.69) is 25.1 Å². The number of methoxy groups -OCH3 is 1. The Morgan fingerprint density at radius 2 is 1.72 bits per heavy atom. The molecule has 5 rings (SSSR count). The summed E-state index contributed by atoms with van der Waals surface area (Å²) < 4.78 is 17.0. The topological polar surface area (TPSA) is 60.9 Å². The van der Waals surface area contributed by atoms with Crippen LogP contribution in [0.5, 0.6) is 5.75 Å². The van der Waals surface area contributed by atoms with Crippen LogP contribution in [0.4, 0.5) is 4.79 Å². The van der Waals surface area contributed by atoms with Gasteiger partial charge in [0.2, 0.25) is 0 Å². The zero-order chi connectivity index (χ0) is 27.0. The zero-order valence-electron chi connectivity index (χ0n) is 22.5. The fourth-order valence-electron chi connectivity index (χ4n) is 4.87. The lowest BCUT2D eigenvalue weighted by Crippen LogP contribution is -2.30. The Hall–Kier alpha value is -4.16. The molecule has 0 bridgehead atoms. The molecule has 1 amide bonds. The highest BCUT2D eigenvalue weighted by atomic mass is 16.6. The Kier molecular flexibility index (Phi) is 8.54. The van der Waals surface area contributed by atoms with Crippen LogP contribution in [0.25, 0.3) is 10.9 Å². The molecule has 1 aliphatic rings. The van der Waals surface area contributed by atoms with E-state index in [0.717, 1.165) is 45.5 Å². The number of pyridine rings is 1. The highest BCUT2D eigenvalue weighted by Crippen LogP contribution is 2.37. The third-order valence-corrected chi connectivity index (χ3v) is 7.11. The van der Waals surface area contributed by atoms with Gasteiger partial charge < -0.3 is 14.2 Å². The number of carbonyl (C=O) groups is 1. The molecule has 0 radical (unpaired) electrons. The van der Waals surface area contributed by atoms with Crippen molar-refractivity contribution < 1.29 is 19.0 Å². The van der Waals surface area contributed by atoms with Crippen molar-refractivity contribution >= 4 is 17.0 Å². The van der Waals surface area contributed by atoms with Crippen LogP contribution in [0.2, 0.25) is 0 Å². The van der Waals surface area contributed by atoms with Crippen LogP contribution in [0.15, 0.2) is 96.6 Å². The number of benzene rings is 3. The summed E-state index contributed by atoms with van der Waals surface area (Å²) in [5.74, 6) is 0.831. The van der Waals surface area contributed by atoms with Crippen molar-refractivity contribution in [2.75, 3.05) is 13.7 Å². The van der Waals surface area contributed by atoms with E-state index >= 15 is 0 Å². The van der Waals surface area contributed by atoms with Crippen LogP contribution in [0, 0.1) is 0 Å². The molecule has 2 heterocycles. The van der Waals surface area contributed by atoms with Gasteiger partial charge in [0.15, 0.2) is 0 Å². The number of hydrogen-bond acceptors (Lipinski definition) is 5. The molecule has 4 aromatic rings. The number of aromatic nitrogens is 1. The van der Waals surface area contributed by atoms with Crippen molar-refractivity contribution in [1.82, 2.24) is 9.88 Å². The van der Waals surface area contributed by atoms with Crippen LogP contribution in [-0.4, -0.2) is 29.7 Å². The zero-order valence-corrected chi connectivity index (χ0v) is 22.5. The number of fused-ring (bicyclic) bond motifs is 2. The van der Waals surface area contributed by atoms with Crippen molar-refractivity contribution in [2.24, 2.45) is 0 Å². The Bertz CT molecular complexity index is 1430. The Morgan fingerprint density at radius 3 is 2.49 bits per heavy atom. The van der Waals surface area contributed by atoms with E-state index in [1.807, 2.05) is 77.7 Å². The predicted molar refractivity (Wildman–Crippen MR) is 152 cm³/mol. The highest BCUT2D eigenvalue weighted by Gasteiger charge is 2.35. The summed E-state index contributed by atoms with van der Waals surface area (Å²) in [5, 5.41) is 1.08. The van der Waals surface area contributed by atoms with Gasteiger partial charge in [-0.25, -0.2) is 4.79 Å². The van der Waals surface area contributed by atoms with Gasteiger partial charge in [-0.05, 0) is 59.4 Å². The first kappa shape index (κ1) is 26.4. The van der Waals surface area contributed by atoms with Crippen LogP contribution in [0.3, 0.4) is 0 Å². The van der Waals surface area contributed by atoms with Gasteiger partial charge in [0.05, 0.1) is 44.1 Å². The summed E-state index contributed by atoms with van der Waals surface area (Å²) in [6, 6.07) is 27.7. The van der Waals surface area contributed by atoms with Gasteiger partial charge in [-0.2, -0.15) is 0 Å². The fourth-order valence-corrected chi connectivity index (χ4v) is 4.87. The lowest BCUT2D eigenvalue weighted by Gasteiger charge is -2.23. The summed E-state index contributed by atoms with van der Waals surface area (Å²) in [7, 11) is 1.66. The minimum atomic E-state index is -0.326. The normalized spacial score (nSPS) is 14.9. The molecule has 6 heteroatoms. The lowest BCUT2D eigenvalue weighted by molar-refractivity contribution is 0.0829. The summed E-state index contributed by atoms with van der Waals surface area (Å²) >= 11 is 0. The molecule has 0 aliphatic carbocycles. The van der Waals surface area contributed by atoms with Gasteiger partial charge >= 0.3 is 6.09 Å². The number of rotatable bonds is 10. The molecule has 1 unspecified atom stereocenters. The second kappa shape index (κ2) is 12.6. The molecule has 0 fully saturated rings. The van der Waals surface area contributed by atoms with Gasteiger partial charge in [-0.3, -0.25) is 9.88 Å². The number of para-hydroxylation sites is 1. The monoisotopic (exact) mass is 522 g/mol. The second-order valence-corrected chi connectivity index (χ2v) is 9.70. The molecule has 0 N–H and O–H groups in total. The first-order chi connectivity index (χ1) is 19.1. The van der Waals surface area contributed by atoms with E-state index in [1.54, 1.807) is 7.11 Å². The van der Waals surface area contributed by atoms with E-state index in [-0.39, 0.29) is 18.7 Å². The quantitative estimate of drug-likeness (QED) is 0.203. The smallest absolute Gasteiger partial charge is 0.410 e. The average molecular weight is 523 g/mol. The first-order valence-electron chi connectivity index (χ1n) is 13.4. The molecule has 1 aromatic heterocycles. The van der Waals surface area contributed by atoms with Gasteiger partial charge in [0.1, 0.15) is 12.4 Å². The second-order valence-electron chi connectivity index (χ2n) is 9.70. The maximum absolute atomic E-state index is 13.3. The third-order valence-electron chi connectivity index (χ3n) is 7.11. The molecule has 6 nitrogen and oxygen atoms in total. The molecule has 0 spiro atoms. The summed E-state index contributed by atoms with van der Waals surface area (Å²) in [4.78, 5) is 20.1. The number of ether oxygens (including phenoxy) is 3. The molecule has 0 saturated heterocycles. The molecule has 39 heavy (non-hydrogen) atoms. The van der Waals surface area contributed by atoms with E-state index in [9.17, 15) is 4.79 Å². The number of hydrogen-bond donors (Lipinski definition) is 0. The minimum absolute atomic E-state index is 0.198. The molecule has 1 atom stereocenters. The minimum Gasteiger partial charge on any atom is -0.497 e. The van der Waals surface area contributed by atoms with E-state index < -0.39 is 0 Å². The number of carbonyl (C=O) groups excluding carboxylic acids is 1. The summed E-state index contributed by atoms with van der Waals surface area (Å²) in [5.41, 5.74) is 6.19. The van der Waals surface area contributed by atoms with Crippen LogP contribution in [0.1, 0.15) is 48.2 Å². The van der Waals surface area contributed by atoms with E-state index in [1.165, 1.54) is 5.57 Å². The van der Waals surface area contributed by atoms with Gasteiger partial charge in [-0.1, -0.05) is 73.7 Å². The largest absolute Gasteiger partial charge is 0.497 e. The molecule has 1 aliphatic heterocycles. The van der Waals surface area contributed by atoms with Crippen molar-refractivity contribution in [3.8, 4) is 5.75 Å². The SMILES string of the molecule is CC/C(=C\CC1c2nc3ccccc3cc2CN1C(=O)OCc1ccccc1)COCc1ccc(OC)cc1. The molecule has 200 valence electrons. The molecule has 0 saturated carbocycles. The maximum Gasteiger partial charge on any atom is 0.410 e. The highest BCUT2D eigenvalue weighted by molar-refractivity contribution is 5.80. The molecular weight excluding hydrogens is 488 g/mol. The number of nitrogens with zero attached hydrogens (tertiary/aromatic N) is 2. The van der Waals surface area contributed by atoms with Crippen LogP contribution >= 0.6 is 0 Å². The van der Waals surface area contributed by atoms with Crippen molar-refractivity contribution in [2.45, 2.75) is 45.6 Å². The lowest BCUT2D eigenvalue weighted by atomic mass is 10.0. The maximum atomic E-state index is 13.3. The molecule has 3 aromatic carbocycles. The standard InChI is InChI=1S/C33H34N2O4/c1-3-24(21-38-22-26-13-16-29(37-2)17-14-26)15-18-31-32-28(19-27-11-7-8-12-30(27)34-32)20-35(31)33(36)39-23-25-9-5-4-6-10-25/h4-17,19,31H,3,18,20-23H2,1-2H3/b24-15+. The van der Waals surface area contributed by atoms with Gasteiger partial charge in [0.25, 0.3) is 0 Å². The number of amides is 1. The van der Waals surface area contributed by atoms with E-state index in [0.29, 0.717) is 26.2 Å². The van der Waals surface area contributed by atoms with Crippen molar-refractivity contribution in [3.63, 3.8) is 0 Å². The molecular formula is C33H34N2O4. The van der Waals surface area contributed by atoms with Crippen molar-refractivity contribution in [1.29, 1.82) is 0 Å². The summed E-state index contributed by atoms with van der Waals surface area (Å²) in [6.45, 7) is 3.91. The van der Waals surface area contributed by atoms with E-state index in [4.69, 9.17) is 19.2 Å². The average Bonchev–Trinajstić information content (AvgIpc) is 3.34. The first-order valence-corrected chi connectivity index (χ1v) is 13.4. The third kappa shape index (κ3) is 6.47. The predicted octanol–water partition coefficient (Wildman–Crippen LogP) is 7.38. The fraction of sp³-hybridized carbons (Fsp3) is 0.273. The van der Waals surface area contributed by atoms with Crippen molar-refractivity contribution in [3.05, 3.63) is 119 Å². The van der Waals surface area contributed by atoms with Gasteiger partial charge in [0, 0.05) is 5.39 Å². The Morgan fingerprint density at radius 1 is 0.974 bits per heavy atom. The van der Waals surface area contributed by atoms with Gasteiger partial charge in [-0.15, -0.1) is 0 Å². The Labute approximate surface area is 229 Å². The summed E-state index contributed by atoms with van der Waals surface area (Å²) in [6.07, 6.45) is 3.38. The van der Waals surface area contributed by atoms with Crippen LogP contribution < -0.4 is 4.74 Å². The van der Waals surface area contributed by atoms with Crippen LogP contribution in [-0.2, 0) is 29.2 Å².